The van der Waals surface area contributed by atoms with E-state index in [1.165, 1.54) is 6.08 Å². The van der Waals surface area contributed by atoms with E-state index in [2.05, 4.69) is 16.1 Å². The van der Waals surface area contributed by atoms with Gasteiger partial charge >= 0.3 is 17.9 Å². The topological polar surface area (TPSA) is 200 Å². The van der Waals surface area contributed by atoms with Crippen LogP contribution in [0.1, 0.15) is 12.8 Å². The first-order valence-corrected chi connectivity index (χ1v) is 7.78. The maximum absolute atomic E-state index is 11.9. The zero-order valence-corrected chi connectivity index (χ0v) is 14.1. The lowest BCUT2D eigenvalue weighted by Crippen LogP contribution is -2.59. The molecule has 1 fully saturated rings. The Morgan fingerprint density at radius 3 is 2.19 bits per heavy atom. The van der Waals surface area contributed by atoms with Gasteiger partial charge in [0.05, 0.1) is 19.4 Å². The van der Waals surface area contributed by atoms with Gasteiger partial charge in [-0.3, -0.25) is 9.59 Å². The van der Waals surface area contributed by atoms with Gasteiger partial charge in [-0.2, -0.15) is 0 Å². The number of hydrogen-bond donors (Lipinski definition) is 6. The molecule has 0 bridgehead atoms. The minimum atomic E-state index is -2.86. The Labute approximate surface area is 153 Å². The maximum Gasteiger partial charge on any atom is 0.336 e. The molecule has 6 N–H and O–H groups in total. The van der Waals surface area contributed by atoms with Crippen LogP contribution in [0.4, 0.5) is 0 Å². The molecule has 0 amide bonds. The molecule has 0 aromatic carbocycles. The molecule has 0 aromatic heterocycles. The Morgan fingerprint density at radius 1 is 1.07 bits per heavy atom. The van der Waals surface area contributed by atoms with Crippen molar-refractivity contribution in [2.45, 2.75) is 49.1 Å². The Kier molecular flexibility index (Phi) is 8.27. The maximum atomic E-state index is 11.9. The van der Waals surface area contributed by atoms with Crippen molar-refractivity contribution < 1.29 is 59.2 Å². The number of rotatable bonds is 9. The van der Waals surface area contributed by atoms with Crippen LogP contribution >= 0.6 is 0 Å². The SMILES string of the molecule is C=CCOC(=O)CC(O)(CC(=O)OC1O[C@H](CO)[C@@H](O)[C@H](O)[C@H]1O)C(=O)O. The van der Waals surface area contributed by atoms with E-state index in [1.54, 1.807) is 0 Å². The fourth-order valence-corrected chi connectivity index (χ4v) is 2.23. The second-order valence-electron chi connectivity index (χ2n) is 5.85. The van der Waals surface area contributed by atoms with Gasteiger partial charge < -0.3 is 44.8 Å². The van der Waals surface area contributed by atoms with Crippen LogP contribution in [0, 0.1) is 0 Å². The second-order valence-corrected chi connectivity index (χ2v) is 5.85. The largest absolute Gasteiger partial charge is 0.479 e. The zero-order valence-electron chi connectivity index (χ0n) is 14.1. The van der Waals surface area contributed by atoms with E-state index in [9.17, 15) is 34.8 Å². The molecule has 0 saturated carbocycles. The van der Waals surface area contributed by atoms with E-state index in [1.807, 2.05) is 0 Å². The third-order valence-electron chi connectivity index (χ3n) is 3.73. The number of aliphatic hydroxyl groups is 5. The van der Waals surface area contributed by atoms with Gasteiger partial charge in [0.15, 0.2) is 5.60 Å². The van der Waals surface area contributed by atoms with Crippen molar-refractivity contribution in [1.29, 1.82) is 0 Å². The molecule has 0 spiro atoms. The van der Waals surface area contributed by atoms with Crippen molar-refractivity contribution in [3.8, 4) is 0 Å². The van der Waals surface area contributed by atoms with Crippen LogP contribution in [-0.4, -0.2) is 98.1 Å². The summed E-state index contributed by atoms with van der Waals surface area (Å²) in [5.74, 6) is -4.40. The third-order valence-corrected chi connectivity index (χ3v) is 3.73. The van der Waals surface area contributed by atoms with Crippen LogP contribution in [0.15, 0.2) is 12.7 Å². The lowest BCUT2D eigenvalue weighted by atomic mass is 9.95. The minimum Gasteiger partial charge on any atom is -0.479 e. The van der Waals surface area contributed by atoms with E-state index in [0.29, 0.717) is 0 Å². The Bertz CT molecular complexity index is 561. The molecule has 2 unspecified atom stereocenters. The first-order valence-electron chi connectivity index (χ1n) is 7.78. The zero-order chi connectivity index (χ0) is 20.8. The fraction of sp³-hybridized carbons (Fsp3) is 0.667. The molecule has 0 aromatic rings. The highest BCUT2D eigenvalue weighted by molar-refractivity contribution is 5.89. The number of aliphatic carboxylic acids is 1. The number of carboxylic acid groups (broad SMARTS) is 1. The Hall–Kier alpha value is -2.09. The van der Waals surface area contributed by atoms with Crippen LogP contribution in [-0.2, 0) is 28.6 Å². The third kappa shape index (κ3) is 5.95. The number of esters is 2. The van der Waals surface area contributed by atoms with E-state index >= 15 is 0 Å². The number of hydrogen-bond acceptors (Lipinski definition) is 11. The summed E-state index contributed by atoms with van der Waals surface area (Å²) in [4.78, 5) is 34.7. The molecule has 12 heteroatoms. The second kappa shape index (κ2) is 9.73. The van der Waals surface area contributed by atoms with Gasteiger partial charge in [0.25, 0.3) is 0 Å². The van der Waals surface area contributed by atoms with Crippen LogP contribution in [0.3, 0.4) is 0 Å². The molecule has 1 rings (SSSR count). The van der Waals surface area contributed by atoms with Gasteiger partial charge in [0.2, 0.25) is 6.29 Å². The quantitative estimate of drug-likeness (QED) is 0.168. The first-order chi connectivity index (χ1) is 12.6. The monoisotopic (exact) mass is 394 g/mol. The lowest BCUT2D eigenvalue weighted by Gasteiger charge is -2.39. The highest BCUT2D eigenvalue weighted by atomic mass is 16.7. The summed E-state index contributed by atoms with van der Waals surface area (Å²) in [7, 11) is 0. The van der Waals surface area contributed by atoms with Crippen LogP contribution < -0.4 is 0 Å². The number of carbonyl (C=O) groups is 3. The predicted octanol–water partition coefficient (Wildman–Crippen LogP) is -3.35. The smallest absolute Gasteiger partial charge is 0.336 e. The molecule has 12 nitrogen and oxygen atoms in total. The molecule has 1 heterocycles. The number of aliphatic hydroxyl groups excluding tert-OH is 4. The van der Waals surface area contributed by atoms with Crippen molar-refractivity contribution in [2.24, 2.45) is 0 Å². The van der Waals surface area contributed by atoms with Gasteiger partial charge in [-0.05, 0) is 0 Å². The van der Waals surface area contributed by atoms with Crippen molar-refractivity contribution >= 4 is 17.9 Å². The van der Waals surface area contributed by atoms with Crippen molar-refractivity contribution in [2.75, 3.05) is 13.2 Å². The summed E-state index contributed by atoms with van der Waals surface area (Å²) in [6.07, 6.45) is -9.67. The molecular formula is C15H22O12. The summed E-state index contributed by atoms with van der Waals surface area (Å²) in [6.45, 7) is 2.28. The predicted molar refractivity (Wildman–Crippen MR) is 82.8 cm³/mol. The molecule has 1 aliphatic heterocycles. The fourth-order valence-electron chi connectivity index (χ4n) is 2.23. The van der Waals surface area contributed by atoms with E-state index in [4.69, 9.17) is 14.9 Å². The first kappa shape index (κ1) is 23.0. The molecule has 27 heavy (non-hydrogen) atoms. The molecule has 0 radical (unpaired) electrons. The summed E-state index contributed by atoms with van der Waals surface area (Å²) in [6, 6.07) is 0. The summed E-state index contributed by atoms with van der Waals surface area (Å²) in [5.41, 5.74) is -2.86. The van der Waals surface area contributed by atoms with Gasteiger partial charge in [-0.1, -0.05) is 12.7 Å². The van der Waals surface area contributed by atoms with Crippen LogP contribution in [0.5, 0.6) is 0 Å². The number of ether oxygens (including phenoxy) is 3. The van der Waals surface area contributed by atoms with Crippen molar-refractivity contribution in [1.82, 2.24) is 0 Å². The van der Waals surface area contributed by atoms with Crippen molar-refractivity contribution in [3.05, 3.63) is 12.7 Å². The normalized spacial score (nSPS) is 30.0. The molecule has 6 atom stereocenters. The summed E-state index contributed by atoms with van der Waals surface area (Å²) >= 11 is 0. The van der Waals surface area contributed by atoms with E-state index in [-0.39, 0.29) is 6.61 Å². The van der Waals surface area contributed by atoms with Gasteiger partial charge in [0.1, 0.15) is 31.0 Å². The molecular weight excluding hydrogens is 372 g/mol. The molecule has 0 aliphatic carbocycles. The Balaban J connectivity index is 2.77. The molecule has 1 saturated heterocycles. The Morgan fingerprint density at radius 2 is 1.67 bits per heavy atom. The highest BCUT2D eigenvalue weighted by Crippen LogP contribution is 2.24. The lowest BCUT2D eigenvalue weighted by molar-refractivity contribution is -0.293. The standard InChI is InChI=1S/C15H22O12/c1-2-3-25-8(17)4-15(24,14(22)23)5-9(18)27-13-12(21)11(20)10(19)7(6-16)26-13/h2,7,10-13,16,19-21,24H,1,3-6H2,(H,22,23)/t7-,10-,11+,12-,13?,15?/m1/s1. The molecule has 154 valence electrons. The van der Waals surface area contributed by atoms with Crippen LogP contribution in [0.25, 0.3) is 0 Å². The highest BCUT2D eigenvalue weighted by Gasteiger charge is 2.47. The number of carboxylic acids is 1. The average Bonchev–Trinajstić information content (AvgIpc) is 2.60. The van der Waals surface area contributed by atoms with Crippen molar-refractivity contribution in [3.63, 3.8) is 0 Å². The van der Waals surface area contributed by atoms with Gasteiger partial charge in [-0.15, -0.1) is 0 Å². The summed E-state index contributed by atoms with van der Waals surface area (Å²) < 4.78 is 14.2. The average molecular weight is 394 g/mol. The van der Waals surface area contributed by atoms with E-state index < -0.39 is 73.7 Å². The van der Waals surface area contributed by atoms with Gasteiger partial charge in [-0.25, -0.2) is 4.79 Å². The number of carbonyl (C=O) groups excluding carboxylic acids is 2. The minimum absolute atomic E-state index is 0.232. The molecule has 1 aliphatic rings. The van der Waals surface area contributed by atoms with Gasteiger partial charge in [0, 0.05) is 0 Å². The summed E-state index contributed by atoms with van der Waals surface area (Å²) in [5, 5.41) is 57.2. The van der Waals surface area contributed by atoms with Crippen LogP contribution in [0.2, 0.25) is 0 Å². The van der Waals surface area contributed by atoms with E-state index in [0.717, 1.165) is 0 Å².